The summed E-state index contributed by atoms with van der Waals surface area (Å²) >= 11 is 0. The largest absolute Gasteiger partial charge is 0.368 e. The minimum atomic E-state index is -1.15. The lowest BCUT2D eigenvalue weighted by atomic mass is 9.89. The Bertz CT molecular complexity index is 1020. The highest BCUT2D eigenvalue weighted by atomic mass is 16.2. The molecule has 1 saturated heterocycles. The minimum absolute atomic E-state index is 0.154. The van der Waals surface area contributed by atoms with E-state index in [1.165, 1.54) is 0 Å². The zero-order valence-electron chi connectivity index (χ0n) is 15.9. The number of aromatic amines is 1. The minimum Gasteiger partial charge on any atom is -0.368 e. The fourth-order valence-corrected chi connectivity index (χ4v) is 4.80. The predicted molar refractivity (Wildman–Crippen MR) is 99.9 cm³/mol. The van der Waals surface area contributed by atoms with Gasteiger partial charge in [0.1, 0.15) is 11.6 Å². The molecule has 4 N–H and O–H groups in total. The van der Waals surface area contributed by atoms with Gasteiger partial charge in [0.25, 0.3) is 5.91 Å². The van der Waals surface area contributed by atoms with Gasteiger partial charge in [0.05, 0.1) is 0 Å². The summed E-state index contributed by atoms with van der Waals surface area (Å²) in [6.45, 7) is 1.89. The molecule has 1 aromatic heterocycles. The number of fused-ring (bicyclic) bond motifs is 2. The number of aryl methyl sites for hydroxylation is 1. The summed E-state index contributed by atoms with van der Waals surface area (Å²) in [6, 6.07) is 4.05. The maximum Gasteiger partial charge on any atom is 0.326 e. The number of H-pyrrole nitrogens is 1. The van der Waals surface area contributed by atoms with Crippen LogP contribution in [0.5, 0.6) is 0 Å². The molecule has 29 heavy (non-hydrogen) atoms. The number of nitrogens with two attached hydrogens (primary N) is 1. The van der Waals surface area contributed by atoms with Gasteiger partial charge >= 0.3 is 6.03 Å². The number of benzene rings is 1. The molecule has 2 aliphatic carbocycles. The molecule has 10 nitrogen and oxygen atoms in total. The van der Waals surface area contributed by atoms with Gasteiger partial charge in [0.15, 0.2) is 0 Å². The monoisotopic (exact) mass is 395 g/mol. The van der Waals surface area contributed by atoms with Gasteiger partial charge in [-0.25, -0.2) is 9.69 Å². The van der Waals surface area contributed by atoms with E-state index in [0.717, 1.165) is 34.4 Å². The van der Waals surface area contributed by atoms with Gasteiger partial charge in [-0.2, -0.15) is 5.21 Å². The van der Waals surface area contributed by atoms with E-state index in [4.69, 9.17) is 5.73 Å². The molecule has 1 aliphatic heterocycles. The fraction of sp³-hybridized carbons (Fsp3) is 0.474. The Morgan fingerprint density at radius 1 is 1.34 bits per heavy atom. The maximum absolute atomic E-state index is 13.5. The Labute approximate surface area is 166 Å². The van der Waals surface area contributed by atoms with Crippen molar-refractivity contribution in [3.05, 3.63) is 29.3 Å². The number of hydrogen-bond acceptors (Lipinski definition) is 6. The number of tetrazole rings is 1. The first-order valence-corrected chi connectivity index (χ1v) is 9.75. The zero-order valence-corrected chi connectivity index (χ0v) is 15.9. The highest BCUT2D eigenvalue weighted by molar-refractivity contribution is 6.10. The molecule has 3 atom stereocenters. The normalized spacial score (nSPS) is 25.2. The number of nitrogens with one attached hydrogen (secondary N) is 2. The third kappa shape index (κ3) is 2.55. The Morgan fingerprint density at radius 2 is 2.14 bits per heavy atom. The number of rotatable bonds is 5. The SMILES string of the molecule is C[C@@H](C1CC1)C(C(N)=O)N1C(=O)NC2(CCc3cc(-c4nn[nH]n4)ccc32)C1=O. The third-order valence-corrected chi connectivity index (χ3v) is 6.49. The average molecular weight is 395 g/mol. The molecule has 2 aromatic rings. The van der Waals surface area contributed by atoms with Crippen LogP contribution in [0, 0.1) is 11.8 Å². The Balaban J connectivity index is 1.51. The molecule has 2 fully saturated rings. The standard InChI is InChI=1S/C19H21N7O3/c1-9(10-2-3-10)14(15(20)27)26-17(28)19(21-18(26)29)7-6-11-8-12(4-5-13(11)19)16-22-24-25-23-16/h4-5,8-10,14H,2-3,6-7H2,1H3,(H2,20,27)(H,21,29)(H,22,23,24,25)/t9-,14?,19?/m0/s1. The summed E-state index contributed by atoms with van der Waals surface area (Å²) in [7, 11) is 0. The number of hydrogen-bond donors (Lipinski definition) is 3. The van der Waals surface area contributed by atoms with E-state index in [1.54, 1.807) is 6.07 Å². The Kier molecular flexibility index (Phi) is 3.74. The molecular weight excluding hydrogens is 374 g/mol. The molecule has 0 radical (unpaired) electrons. The first-order valence-electron chi connectivity index (χ1n) is 9.75. The summed E-state index contributed by atoms with van der Waals surface area (Å²) in [5.41, 5.74) is 6.93. The van der Waals surface area contributed by atoms with Crippen LogP contribution in [-0.4, -0.2) is 49.4 Å². The number of aromatic nitrogens is 4. The van der Waals surface area contributed by atoms with Crippen LogP contribution >= 0.6 is 0 Å². The van der Waals surface area contributed by atoms with E-state index in [9.17, 15) is 14.4 Å². The molecule has 5 rings (SSSR count). The van der Waals surface area contributed by atoms with Crippen molar-refractivity contribution < 1.29 is 14.4 Å². The lowest BCUT2D eigenvalue weighted by Crippen LogP contribution is -2.53. The molecule has 10 heteroatoms. The van der Waals surface area contributed by atoms with Gasteiger partial charge in [0, 0.05) is 5.56 Å². The summed E-state index contributed by atoms with van der Waals surface area (Å²) in [5.74, 6) is -0.415. The smallest absolute Gasteiger partial charge is 0.326 e. The van der Waals surface area contributed by atoms with Gasteiger partial charge < -0.3 is 11.1 Å². The van der Waals surface area contributed by atoms with Crippen molar-refractivity contribution in [2.75, 3.05) is 0 Å². The van der Waals surface area contributed by atoms with Crippen molar-refractivity contribution in [2.24, 2.45) is 17.6 Å². The van der Waals surface area contributed by atoms with Crippen LogP contribution in [0.4, 0.5) is 4.79 Å². The van der Waals surface area contributed by atoms with Crippen LogP contribution in [0.3, 0.4) is 0 Å². The van der Waals surface area contributed by atoms with E-state index in [2.05, 4.69) is 25.9 Å². The van der Waals surface area contributed by atoms with Gasteiger partial charge in [-0.3, -0.25) is 9.59 Å². The van der Waals surface area contributed by atoms with E-state index in [-0.39, 0.29) is 5.92 Å². The highest BCUT2D eigenvalue weighted by Gasteiger charge is 2.59. The number of carbonyl (C=O) groups excluding carboxylic acids is 3. The van der Waals surface area contributed by atoms with Crippen LogP contribution in [0.15, 0.2) is 18.2 Å². The second kappa shape index (κ2) is 6.10. The lowest BCUT2D eigenvalue weighted by molar-refractivity contribution is -0.139. The first kappa shape index (κ1) is 17.8. The Morgan fingerprint density at radius 3 is 2.79 bits per heavy atom. The summed E-state index contributed by atoms with van der Waals surface area (Å²) < 4.78 is 0. The molecule has 1 saturated carbocycles. The second-order valence-corrected chi connectivity index (χ2v) is 8.16. The van der Waals surface area contributed by atoms with Crippen LogP contribution < -0.4 is 11.1 Å². The summed E-state index contributed by atoms with van der Waals surface area (Å²) in [6.07, 6.45) is 3.02. The van der Waals surface area contributed by atoms with Crippen LogP contribution in [0.2, 0.25) is 0 Å². The van der Waals surface area contributed by atoms with Crippen molar-refractivity contribution in [3.63, 3.8) is 0 Å². The zero-order chi connectivity index (χ0) is 20.3. The van der Waals surface area contributed by atoms with Gasteiger partial charge in [0.2, 0.25) is 11.7 Å². The van der Waals surface area contributed by atoms with Gasteiger partial charge in [-0.1, -0.05) is 19.1 Å². The molecule has 2 unspecified atom stereocenters. The van der Waals surface area contributed by atoms with Gasteiger partial charge in [-0.15, -0.1) is 10.2 Å². The Hall–Kier alpha value is -3.30. The first-order chi connectivity index (χ1) is 13.9. The number of primary amides is 1. The molecule has 0 bridgehead atoms. The molecule has 2 heterocycles. The second-order valence-electron chi connectivity index (χ2n) is 8.16. The molecule has 1 aromatic carbocycles. The average Bonchev–Trinajstić information content (AvgIpc) is 3.19. The highest BCUT2D eigenvalue weighted by Crippen LogP contribution is 2.45. The number of amides is 4. The summed E-state index contributed by atoms with van der Waals surface area (Å²) in [4.78, 5) is 39.6. The molecule has 3 aliphatic rings. The lowest BCUT2D eigenvalue weighted by Gasteiger charge is -2.29. The number of urea groups is 1. The molecule has 150 valence electrons. The van der Waals surface area contributed by atoms with E-state index in [0.29, 0.717) is 24.6 Å². The van der Waals surface area contributed by atoms with Crippen molar-refractivity contribution in [3.8, 4) is 11.4 Å². The maximum atomic E-state index is 13.5. The number of carbonyl (C=O) groups is 3. The van der Waals surface area contributed by atoms with Crippen LogP contribution in [0.25, 0.3) is 11.4 Å². The van der Waals surface area contributed by atoms with Crippen molar-refractivity contribution in [1.82, 2.24) is 30.8 Å². The van der Waals surface area contributed by atoms with Crippen LogP contribution in [0.1, 0.15) is 37.3 Å². The van der Waals surface area contributed by atoms with Crippen molar-refractivity contribution >= 4 is 17.8 Å². The van der Waals surface area contributed by atoms with E-state index >= 15 is 0 Å². The number of imide groups is 1. The quantitative estimate of drug-likeness (QED) is 0.627. The van der Waals surface area contributed by atoms with Gasteiger partial charge in [-0.05, 0) is 59.9 Å². The molecule has 1 spiro atoms. The number of nitrogens with zero attached hydrogens (tertiary/aromatic N) is 4. The molecule has 4 amide bonds. The topological polar surface area (TPSA) is 147 Å². The van der Waals surface area contributed by atoms with Crippen LogP contribution in [-0.2, 0) is 21.5 Å². The summed E-state index contributed by atoms with van der Waals surface area (Å²) in [5, 5.41) is 16.8. The molecular formula is C19H21N7O3. The predicted octanol–water partition coefficient (Wildman–Crippen LogP) is 0.460. The third-order valence-electron chi connectivity index (χ3n) is 6.49. The van der Waals surface area contributed by atoms with Crippen molar-refractivity contribution in [2.45, 2.75) is 44.2 Å². The van der Waals surface area contributed by atoms with Crippen molar-refractivity contribution in [1.29, 1.82) is 0 Å². The van der Waals surface area contributed by atoms with E-state index < -0.39 is 29.4 Å². The van der Waals surface area contributed by atoms with E-state index in [1.807, 2.05) is 19.1 Å². The fourth-order valence-electron chi connectivity index (χ4n) is 4.80.